The van der Waals surface area contributed by atoms with Crippen molar-refractivity contribution in [2.24, 2.45) is 0 Å². The molecule has 18 heavy (non-hydrogen) atoms. The zero-order chi connectivity index (χ0) is 13.2. The van der Waals surface area contributed by atoms with E-state index < -0.39 is 20.5 Å². The van der Waals surface area contributed by atoms with Gasteiger partial charge in [-0.25, -0.2) is 8.42 Å². The smallest absolute Gasteiger partial charge is 0.154 e. The number of sulfone groups is 1. The molecule has 2 rings (SSSR count). The Hall–Kier alpha value is -0.320. The topological polar surface area (TPSA) is 47.0 Å². The number of pyridine rings is 1. The van der Waals surface area contributed by atoms with Crippen molar-refractivity contribution < 1.29 is 8.42 Å². The Labute approximate surface area is 117 Å². The fourth-order valence-electron chi connectivity index (χ4n) is 2.30. The lowest BCUT2D eigenvalue weighted by Gasteiger charge is -2.26. The van der Waals surface area contributed by atoms with E-state index in [1.165, 1.54) is 0 Å². The maximum Gasteiger partial charge on any atom is 0.154 e. The van der Waals surface area contributed by atoms with E-state index in [1.54, 1.807) is 18.5 Å². The van der Waals surface area contributed by atoms with Gasteiger partial charge >= 0.3 is 0 Å². The first-order valence-corrected chi connectivity index (χ1v) is 8.48. The molecule has 1 saturated heterocycles. The van der Waals surface area contributed by atoms with E-state index in [0.29, 0.717) is 17.9 Å². The molecule has 0 radical (unpaired) electrons. The molecular weight excluding hydrogens is 293 g/mol. The first kappa shape index (κ1) is 14.1. The Morgan fingerprint density at radius 3 is 2.89 bits per heavy atom. The number of nitrogens with zero attached hydrogens (tertiary/aromatic N) is 1. The summed E-state index contributed by atoms with van der Waals surface area (Å²) in [4.78, 5) is 3.90. The summed E-state index contributed by atoms with van der Waals surface area (Å²) in [5.74, 6) is 0.255. The minimum Gasteiger partial charge on any atom is -0.263 e. The molecule has 0 aliphatic carbocycles. The fourth-order valence-corrected chi connectivity index (χ4v) is 5.24. The second-order valence-electron chi connectivity index (χ2n) is 4.59. The van der Waals surface area contributed by atoms with Crippen molar-refractivity contribution in [1.29, 1.82) is 0 Å². The third kappa shape index (κ3) is 3.16. The molecule has 1 aliphatic rings. The van der Waals surface area contributed by atoms with Crippen LogP contribution < -0.4 is 0 Å². The van der Waals surface area contributed by atoms with E-state index in [9.17, 15) is 8.42 Å². The third-order valence-electron chi connectivity index (χ3n) is 3.30. The van der Waals surface area contributed by atoms with Crippen molar-refractivity contribution in [3.8, 4) is 0 Å². The zero-order valence-electron chi connectivity index (χ0n) is 9.85. The van der Waals surface area contributed by atoms with Crippen LogP contribution in [0.3, 0.4) is 0 Å². The monoisotopic (exact) mass is 307 g/mol. The van der Waals surface area contributed by atoms with Gasteiger partial charge in [0.05, 0.1) is 21.4 Å². The maximum absolute atomic E-state index is 12.0. The molecule has 0 aromatic carbocycles. The lowest BCUT2D eigenvalue weighted by Crippen LogP contribution is -2.36. The minimum absolute atomic E-state index is 0.255. The standard InChI is InChI=1S/C12H15Cl2NO2S/c13-10(7-9-4-5-15-8-11(9)14)12-3-1-2-6-18(12,16)17/h4-5,8,10,12H,1-3,6-7H2. The van der Waals surface area contributed by atoms with Crippen LogP contribution in [0.5, 0.6) is 0 Å². The van der Waals surface area contributed by atoms with E-state index in [2.05, 4.69) is 4.98 Å². The first-order valence-electron chi connectivity index (χ1n) is 5.95. The Bertz CT molecular complexity index is 519. The van der Waals surface area contributed by atoms with Gasteiger partial charge in [-0.05, 0) is 30.9 Å². The molecule has 1 fully saturated rings. The summed E-state index contributed by atoms with van der Waals surface area (Å²) in [6, 6.07) is 1.78. The van der Waals surface area contributed by atoms with Gasteiger partial charge in [-0.1, -0.05) is 18.0 Å². The van der Waals surface area contributed by atoms with Crippen molar-refractivity contribution in [2.45, 2.75) is 36.3 Å². The van der Waals surface area contributed by atoms with Crippen molar-refractivity contribution in [1.82, 2.24) is 4.98 Å². The second-order valence-corrected chi connectivity index (χ2v) is 7.90. The minimum atomic E-state index is -3.05. The molecule has 3 nitrogen and oxygen atoms in total. The Kier molecular flexibility index (Phi) is 4.51. The summed E-state index contributed by atoms with van der Waals surface area (Å²) in [5, 5.41) is -0.330. The molecule has 0 spiro atoms. The van der Waals surface area contributed by atoms with Crippen LogP contribution in [-0.2, 0) is 16.3 Å². The molecule has 1 aromatic rings. The summed E-state index contributed by atoms with van der Waals surface area (Å²) >= 11 is 12.3. The predicted octanol–water partition coefficient (Wildman–Crippen LogP) is 2.85. The van der Waals surface area contributed by atoms with E-state index in [0.717, 1.165) is 18.4 Å². The van der Waals surface area contributed by atoms with Gasteiger partial charge in [-0.3, -0.25) is 4.98 Å². The molecule has 6 heteroatoms. The summed E-state index contributed by atoms with van der Waals surface area (Å²) in [6.45, 7) is 0. The molecular formula is C12H15Cl2NO2S. The molecule has 0 N–H and O–H groups in total. The predicted molar refractivity (Wildman–Crippen MR) is 74.0 cm³/mol. The summed E-state index contributed by atoms with van der Waals surface area (Å²) in [6.07, 6.45) is 5.98. The van der Waals surface area contributed by atoms with E-state index in [4.69, 9.17) is 23.2 Å². The molecule has 0 amide bonds. The number of hydrogen-bond donors (Lipinski definition) is 0. The highest BCUT2D eigenvalue weighted by atomic mass is 35.5. The number of alkyl halides is 1. The zero-order valence-corrected chi connectivity index (χ0v) is 12.2. The lowest BCUT2D eigenvalue weighted by atomic mass is 10.1. The molecule has 1 aromatic heterocycles. The molecule has 2 atom stereocenters. The number of halogens is 2. The largest absolute Gasteiger partial charge is 0.263 e. The average Bonchev–Trinajstić information content (AvgIpc) is 2.31. The molecule has 100 valence electrons. The van der Waals surface area contributed by atoms with E-state index in [-0.39, 0.29) is 5.75 Å². The van der Waals surface area contributed by atoms with Gasteiger partial charge in [-0.15, -0.1) is 11.6 Å². The highest BCUT2D eigenvalue weighted by molar-refractivity contribution is 7.92. The van der Waals surface area contributed by atoms with Gasteiger partial charge in [0.25, 0.3) is 0 Å². The van der Waals surface area contributed by atoms with Crippen LogP contribution in [0.1, 0.15) is 24.8 Å². The first-order chi connectivity index (χ1) is 8.50. The van der Waals surface area contributed by atoms with E-state index in [1.807, 2.05) is 0 Å². The van der Waals surface area contributed by atoms with Crippen molar-refractivity contribution in [3.63, 3.8) is 0 Å². The highest BCUT2D eigenvalue weighted by Crippen LogP contribution is 2.28. The molecule has 2 unspecified atom stereocenters. The van der Waals surface area contributed by atoms with Crippen LogP contribution in [0.2, 0.25) is 5.02 Å². The Morgan fingerprint density at radius 1 is 1.44 bits per heavy atom. The van der Waals surface area contributed by atoms with Crippen molar-refractivity contribution in [3.05, 3.63) is 29.0 Å². The summed E-state index contributed by atoms with van der Waals surface area (Å²) < 4.78 is 23.9. The summed E-state index contributed by atoms with van der Waals surface area (Å²) in [7, 11) is -3.05. The number of aromatic nitrogens is 1. The van der Waals surface area contributed by atoms with Crippen LogP contribution in [-0.4, -0.2) is 29.8 Å². The van der Waals surface area contributed by atoms with Crippen LogP contribution in [0.15, 0.2) is 18.5 Å². The van der Waals surface area contributed by atoms with Crippen LogP contribution in [0, 0.1) is 0 Å². The SMILES string of the molecule is O=S1(=O)CCCCC1C(Cl)Cc1ccncc1Cl. The normalized spacial score (nSPS) is 24.7. The quantitative estimate of drug-likeness (QED) is 0.807. The summed E-state index contributed by atoms with van der Waals surface area (Å²) in [5.41, 5.74) is 0.854. The average molecular weight is 308 g/mol. The van der Waals surface area contributed by atoms with E-state index >= 15 is 0 Å². The number of hydrogen-bond acceptors (Lipinski definition) is 3. The highest BCUT2D eigenvalue weighted by Gasteiger charge is 2.34. The Balaban J connectivity index is 2.12. The van der Waals surface area contributed by atoms with Gasteiger partial charge < -0.3 is 0 Å². The molecule has 1 aliphatic heterocycles. The number of rotatable bonds is 3. The van der Waals surface area contributed by atoms with Crippen LogP contribution in [0.25, 0.3) is 0 Å². The molecule has 0 saturated carbocycles. The van der Waals surface area contributed by atoms with Crippen LogP contribution in [0.4, 0.5) is 0 Å². The maximum atomic E-state index is 12.0. The molecule has 0 bridgehead atoms. The third-order valence-corrected chi connectivity index (χ3v) is 6.60. The van der Waals surface area contributed by atoms with Gasteiger partial charge in [0.1, 0.15) is 0 Å². The van der Waals surface area contributed by atoms with Crippen molar-refractivity contribution in [2.75, 3.05) is 5.75 Å². The Morgan fingerprint density at radius 2 is 2.22 bits per heavy atom. The second kappa shape index (κ2) is 5.76. The molecule has 2 heterocycles. The van der Waals surface area contributed by atoms with Crippen LogP contribution >= 0.6 is 23.2 Å². The van der Waals surface area contributed by atoms with Crippen molar-refractivity contribution >= 4 is 33.0 Å². The fraction of sp³-hybridized carbons (Fsp3) is 0.583. The van der Waals surface area contributed by atoms with Gasteiger partial charge in [-0.2, -0.15) is 0 Å². The van der Waals surface area contributed by atoms with Gasteiger partial charge in [0.2, 0.25) is 0 Å². The van der Waals surface area contributed by atoms with Gasteiger partial charge in [0, 0.05) is 12.4 Å². The lowest BCUT2D eigenvalue weighted by molar-refractivity contribution is 0.529. The van der Waals surface area contributed by atoms with Gasteiger partial charge in [0.15, 0.2) is 9.84 Å².